The Morgan fingerprint density at radius 3 is 1.87 bits per heavy atom. The Morgan fingerprint density at radius 1 is 0.774 bits per heavy atom. The van der Waals surface area contributed by atoms with Crippen molar-refractivity contribution in [2.24, 2.45) is 0 Å². The van der Waals surface area contributed by atoms with Crippen LogP contribution >= 0.6 is 0 Å². The van der Waals surface area contributed by atoms with Crippen molar-refractivity contribution >= 4 is 29.3 Å². The Hall–Kier alpha value is -4.01. The molecule has 0 radical (unpaired) electrons. The minimum absolute atomic E-state index is 0.264. The number of aromatic hydroxyl groups is 2. The van der Waals surface area contributed by atoms with Crippen LogP contribution in [-0.4, -0.2) is 39.5 Å². The number of hydrogen-bond donors (Lipinski definition) is 2. The number of ketones is 3. The smallest absolute Gasteiger partial charge is 0.340 e. The standard InChI is InChI=1S/C22H20O9/c1-10(23)15-8-6-5-7-14(15)9-30-22(29)18-16(11(2)24)19(27)20(28)21(31-13(4)26)17(18)12(3)25/h5-8,27-28H,9H2,1-4H3. The summed E-state index contributed by atoms with van der Waals surface area (Å²) in [5.74, 6) is -6.92. The number of carbonyl (C=O) groups is 5. The van der Waals surface area contributed by atoms with E-state index < -0.39 is 57.4 Å². The third kappa shape index (κ3) is 4.77. The van der Waals surface area contributed by atoms with E-state index in [2.05, 4.69) is 0 Å². The van der Waals surface area contributed by atoms with Crippen molar-refractivity contribution in [3.8, 4) is 17.2 Å². The van der Waals surface area contributed by atoms with Crippen LogP contribution in [0.25, 0.3) is 0 Å². The SMILES string of the molecule is CC(=O)Oc1c(O)c(O)c(C(C)=O)c(C(=O)OCc2ccccc2C(C)=O)c1C(C)=O. The summed E-state index contributed by atoms with van der Waals surface area (Å²) in [6.45, 7) is 3.96. The van der Waals surface area contributed by atoms with Gasteiger partial charge in [-0.2, -0.15) is 0 Å². The molecule has 2 N–H and O–H groups in total. The van der Waals surface area contributed by atoms with Crippen LogP contribution in [0.5, 0.6) is 17.2 Å². The molecule has 31 heavy (non-hydrogen) atoms. The van der Waals surface area contributed by atoms with Gasteiger partial charge in [0.05, 0.1) is 16.7 Å². The number of carbonyl (C=O) groups excluding carboxylic acids is 5. The first-order valence-electron chi connectivity index (χ1n) is 9.05. The molecule has 0 saturated heterocycles. The summed E-state index contributed by atoms with van der Waals surface area (Å²) in [6, 6.07) is 6.36. The van der Waals surface area contributed by atoms with Gasteiger partial charge < -0.3 is 19.7 Å². The maximum absolute atomic E-state index is 12.9. The van der Waals surface area contributed by atoms with Gasteiger partial charge in [-0.3, -0.25) is 19.2 Å². The molecule has 0 aromatic heterocycles. The number of phenolic OH excluding ortho intramolecular Hbond substituents is 2. The highest BCUT2D eigenvalue weighted by atomic mass is 16.5. The molecular formula is C22H20O9. The second-order valence-electron chi connectivity index (χ2n) is 6.65. The van der Waals surface area contributed by atoms with Crippen molar-refractivity contribution in [1.82, 2.24) is 0 Å². The van der Waals surface area contributed by atoms with Crippen molar-refractivity contribution in [3.05, 3.63) is 52.1 Å². The predicted octanol–water partition coefficient (Wildman–Crippen LogP) is 2.99. The van der Waals surface area contributed by atoms with Crippen molar-refractivity contribution in [3.63, 3.8) is 0 Å². The van der Waals surface area contributed by atoms with Gasteiger partial charge in [0.1, 0.15) is 6.61 Å². The van der Waals surface area contributed by atoms with Gasteiger partial charge in [0.2, 0.25) is 5.75 Å². The number of esters is 2. The molecule has 0 atom stereocenters. The normalized spacial score (nSPS) is 10.3. The molecule has 0 spiro atoms. The zero-order chi connectivity index (χ0) is 23.5. The van der Waals surface area contributed by atoms with Gasteiger partial charge in [-0.15, -0.1) is 0 Å². The quantitative estimate of drug-likeness (QED) is 0.294. The minimum Gasteiger partial charge on any atom is -0.504 e. The molecule has 9 nitrogen and oxygen atoms in total. The lowest BCUT2D eigenvalue weighted by Gasteiger charge is -2.18. The Labute approximate surface area is 177 Å². The zero-order valence-corrected chi connectivity index (χ0v) is 17.3. The van der Waals surface area contributed by atoms with Crippen LogP contribution in [0.15, 0.2) is 24.3 Å². The number of rotatable bonds is 7. The molecule has 0 aliphatic heterocycles. The average Bonchev–Trinajstić information content (AvgIpc) is 2.68. The highest BCUT2D eigenvalue weighted by Crippen LogP contribution is 2.45. The van der Waals surface area contributed by atoms with Crippen LogP contribution in [-0.2, 0) is 16.1 Å². The summed E-state index contributed by atoms with van der Waals surface area (Å²) < 4.78 is 10.0. The van der Waals surface area contributed by atoms with Gasteiger partial charge in [0.15, 0.2) is 28.8 Å². The van der Waals surface area contributed by atoms with Crippen molar-refractivity contribution in [2.45, 2.75) is 34.3 Å². The van der Waals surface area contributed by atoms with Crippen LogP contribution < -0.4 is 4.74 Å². The van der Waals surface area contributed by atoms with E-state index in [1.165, 1.54) is 6.92 Å². The molecule has 0 amide bonds. The van der Waals surface area contributed by atoms with Gasteiger partial charge in [0, 0.05) is 18.1 Å². The Kier molecular flexibility index (Phi) is 6.91. The first-order chi connectivity index (χ1) is 14.5. The van der Waals surface area contributed by atoms with E-state index in [9.17, 15) is 34.2 Å². The van der Waals surface area contributed by atoms with Crippen molar-refractivity contribution in [1.29, 1.82) is 0 Å². The molecule has 2 rings (SSSR count). The lowest BCUT2D eigenvalue weighted by Crippen LogP contribution is -2.19. The second kappa shape index (κ2) is 9.21. The maximum Gasteiger partial charge on any atom is 0.340 e. The van der Waals surface area contributed by atoms with Gasteiger partial charge in [0.25, 0.3) is 0 Å². The van der Waals surface area contributed by atoms with Crippen LogP contribution in [0.1, 0.15) is 74.7 Å². The van der Waals surface area contributed by atoms with Crippen LogP contribution in [0.4, 0.5) is 0 Å². The van der Waals surface area contributed by atoms with Gasteiger partial charge >= 0.3 is 11.9 Å². The summed E-state index contributed by atoms with van der Waals surface area (Å²) in [5, 5.41) is 20.5. The lowest BCUT2D eigenvalue weighted by molar-refractivity contribution is -0.132. The lowest BCUT2D eigenvalue weighted by atomic mass is 9.93. The zero-order valence-electron chi connectivity index (χ0n) is 17.3. The Balaban J connectivity index is 2.65. The number of phenols is 2. The summed E-state index contributed by atoms with van der Waals surface area (Å²) in [7, 11) is 0. The summed E-state index contributed by atoms with van der Waals surface area (Å²) in [4.78, 5) is 60.5. The van der Waals surface area contributed by atoms with E-state index in [4.69, 9.17) is 9.47 Å². The van der Waals surface area contributed by atoms with Gasteiger partial charge in [-0.05, 0) is 20.8 Å². The molecule has 0 bridgehead atoms. The maximum atomic E-state index is 12.9. The largest absolute Gasteiger partial charge is 0.504 e. The van der Waals surface area contributed by atoms with Gasteiger partial charge in [-0.25, -0.2) is 4.79 Å². The summed E-state index contributed by atoms with van der Waals surface area (Å²) >= 11 is 0. The molecular weight excluding hydrogens is 408 g/mol. The Bertz CT molecular complexity index is 1110. The molecule has 2 aromatic rings. The number of hydrogen-bond acceptors (Lipinski definition) is 9. The van der Waals surface area contributed by atoms with Crippen LogP contribution in [0.3, 0.4) is 0 Å². The monoisotopic (exact) mass is 428 g/mol. The molecule has 0 unspecified atom stereocenters. The molecule has 162 valence electrons. The Morgan fingerprint density at radius 2 is 1.35 bits per heavy atom. The first-order valence-corrected chi connectivity index (χ1v) is 9.05. The third-order valence-corrected chi connectivity index (χ3v) is 4.31. The molecule has 0 aliphatic rings. The average molecular weight is 428 g/mol. The highest BCUT2D eigenvalue weighted by Gasteiger charge is 2.34. The minimum atomic E-state index is -1.20. The van der Waals surface area contributed by atoms with Crippen molar-refractivity contribution in [2.75, 3.05) is 0 Å². The van der Waals surface area contributed by atoms with E-state index in [0.717, 1.165) is 20.8 Å². The van der Waals surface area contributed by atoms with Crippen LogP contribution in [0.2, 0.25) is 0 Å². The third-order valence-electron chi connectivity index (χ3n) is 4.31. The summed E-state index contributed by atoms with van der Waals surface area (Å²) in [5.41, 5.74) is -1.24. The number of Topliss-reactive ketones (excluding diaryl/α,β-unsaturated/α-hetero) is 3. The number of ether oxygens (including phenoxy) is 2. The molecule has 0 fully saturated rings. The highest BCUT2D eigenvalue weighted by molar-refractivity contribution is 6.16. The molecule has 0 aliphatic carbocycles. The van der Waals surface area contributed by atoms with E-state index in [0.29, 0.717) is 11.1 Å². The molecule has 0 heterocycles. The fourth-order valence-corrected chi connectivity index (χ4v) is 3.03. The fraction of sp³-hybridized carbons (Fsp3) is 0.227. The van der Waals surface area contributed by atoms with Gasteiger partial charge in [-0.1, -0.05) is 24.3 Å². The van der Waals surface area contributed by atoms with E-state index in [1.54, 1.807) is 24.3 Å². The van der Waals surface area contributed by atoms with Crippen LogP contribution in [0, 0.1) is 0 Å². The molecule has 2 aromatic carbocycles. The first kappa shape index (κ1) is 23.3. The second-order valence-corrected chi connectivity index (χ2v) is 6.65. The molecule has 9 heteroatoms. The van der Waals surface area contributed by atoms with E-state index in [-0.39, 0.29) is 12.4 Å². The predicted molar refractivity (Wildman–Crippen MR) is 107 cm³/mol. The fourth-order valence-electron chi connectivity index (χ4n) is 3.03. The van der Waals surface area contributed by atoms with Crippen molar-refractivity contribution < 1.29 is 43.7 Å². The topological polar surface area (TPSA) is 144 Å². The number of benzene rings is 2. The summed E-state index contributed by atoms with van der Waals surface area (Å²) in [6.07, 6.45) is 0. The molecule has 0 saturated carbocycles. The van der Waals surface area contributed by atoms with E-state index in [1.807, 2.05) is 0 Å². The van der Waals surface area contributed by atoms with E-state index >= 15 is 0 Å².